The van der Waals surface area contributed by atoms with Crippen molar-refractivity contribution < 1.29 is 4.79 Å². The number of nitrogens with one attached hydrogen (secondary N) is 1. The van der Waals surface area contributed by atoms with Crippen LogP contribution >= 0.6 is 11.3 Å². The molecule has 1 aromatic heterocycles. The summed E-state index contributed by atoms with van der Waals surface area (Å²) in [5.74, 6) is 1.88. The number of carbonyl (C=O) groups is 1. The number of carbonyl (C=O) groups excluding carboxylic acids is 1. The fourth-order valence-electron chi connectivity index (χ4n) is 3.86. The summed E-state index contributed by atoms with van der Waals surface area (Å²) in [5.41, 5.74) is 1.99. The van der Waals surface area contributed by atoms with Gasteiger partial charge >= 0.3 is 0 Å². The molecule has 3 atom stereocenters. The molecule has 1 amide bonds. The van der Waals surface area contributed by atoms with Crippen molar-refractivity contribution in [1.82, 2.24) is 4.98 Å². The molecule has 0 saturated heterocycles. The van der Waals surface area contributed by atoms with Gasteiger partial charge in [0.05, 0.1) is 0 Å². The van der Waals surface area contributed by atoms with E-state index in [0.717, 1.165) is 28.6 Å². The first-order chi connectivity index (χ1) is 10.3. The van der Waals surface area contributed by atoms with Crippen molar-refractivity contribution in [3.63, 3.8) is 0 Å². The Kier molecular flexibility index (Phi) is 3.26. The second-order valence-electron chi connectivity index (χ2n) is 6.19. The van der Waals surface area contributed by atoms with E-state index in [9.17, 15) is 4.79 Å². The lowest BCUT2D eigenvalue weighted by Gasteiger charge is -2.20. The molecule has 2 bridgehead atoms. The molecule has 2 saturated carbocycles. The number of rotatable bonds is 3. The van der Waals surface area contributed by atoms with Gasteiger partial charge in [0.1, 0.15) is 5.01 Å². The van der Waals surface area contributed by atoms with E-state index < -0.39 is 0 Å². The number of amides is 1. The van der Waals surface area contributed by atoms with Crippen molar-refractivity contribution in [2.24, 2.45) is 17.8 Å². The quantitative estimate of drug-likeness (QED) is 0.923. The molecule has 2 aliphatic rings. The average Bonchev–Trinajstić information content (AvgIpc) is 3.25. The number of thiazole rings is 1. The summed E-state index contributed by atoms with van der Waals surface area (Å²) < 4.78 is 0. The third-order valence-electron chi connectivity index (χ3n) is 4.91. The maximum atomic E-state index is 12.4. The Balaban J connectivity index is 1.44. The Morgan fingerprint density at radius 2 is 2.05 bits per heavy atom. The molecule has 0 radical (unpaired) electrons. The van der Waals surface area contributed by atoms with Gasteiger partial charge in [0.25, 0.3) is 0 Å². The fraction of sp³-hybridized carbons (Fsp3) is 0.412. The van der Waals surface area contributed by atoms with Crippen LogP contribution in [0.15, 0.2) is 35.8 Å². The number of hydrogen-bond donors (Lipinski definition) is 1. The molecule has 0 aliphatic heterocycles. The number of anilines is 1. The molecule has 1 N–H and O–H groups in total. The Morgan fingerprint density at radius 1 is 1.19 bits per heavy atom. The summed E-state index contributed by atoms with van der Waals surface area (Å²) in [5, 5.41) is 6.07. The minimum Gasteiger partial charge on any atom is -0.326 e. The lowest BCUT2D eigenvalue weighted by atomic mass is 9.88. The molecule has 2 fully saturated rings. The van der Waals surface area contributed by atoms with Crippen molar-refractivity contribution in [2.45, 2.75) is 25.7 Å². The van der Waals surface area contributed by atoms with Crippen LogP contribution in [0.2, 0.25) is 0 Å². The number of nitrogens with zero attached hydrogens (tertiary/aromatic N) is 1. The van der Waals surface area contributed by atoms with E-state index in [-0.39, 0.29) is 11.8 Å². The van der Waals surface area contributed by atoms with Crippen LogP contribution in [0.25, 0.3) is 10.6 Å². The molecule has 21 heavy (non-hydrogen) atoms. The minimum absolute atomic E-state index is 0.212. The largest absolute Gasteiger partial charge is 0.326 e. The number of benzene rings is 1. The molecule has 4 heteroatoms. The highest BCUT2D eigenvalue weighted by molar-refractivity contribution is 7.13. The molecule has 4 rings (SSSR count). The van der Waals surface area contributed by atoms with Crippen molar-refractivity contribution in [2.75, 3.05) is 5.32 Å². The molecule has 2 aromatic rings. The van der Waals surface area contributed by atoms with E-state index in [2.05, 4.69) is 10.3 Å². The number of fused-ring (bicyclic) bond motifs is 2. The number of hydrogen-bond acceptors (Lipinski definition) is 3. The average molecular weight is 298 g/mol. The monoisotopic (exact) mass is 298 g/mol. The van der Waals surface area contributed by atoms with Gasteiger partial charge in [-0.05, 0) is 55.4 Å². The first-order valence-corrected chi connectivity index (χ1v) is 8.48. The van der Waals surface area contributed by atoms with Gasteiger partial charge in [0.2, 0.25) is 5.91 Å². The van der Waals surface area contributed by atoms with Crippen LogP contribution in [-0.4, -0.2) is 10.9 Å². The first-order valence-electron chi connectivity index (χ1n) is 7.60. The highest BCUT2D eigenvalue weighted by Gasteiger charge is 2.42. The van der Waals surface area contributed by atoms with E-state index in [1.165, 1.54) is 19.3 Å². The molecular weight excluding hydrogens is 280 g/mol. The zero-order valence-corrected chi connectivity index (χ0v) is 12.6. The maximum Gasteiger partial charge on any atom is 0.227 e. The molecular formula is C17H18N2OS. The summed E-state index contributed by atoms with van der Waals surface area (Å²) in [4.78, 5) is 16.7. The van der Waals surface area contributed by atoms with Gasteiger partial charge in [0, 0.05) is 28.7 Å². The summed E-state index contributed by atoms with van der Waals surface area (Å²) in [6, 6.07) is 7.99. The van der Waals surface area contributed by atoms with Crippen molar-refractivity contribution >= 4 is 22.9 Å². The van der Waals surface area contributed by atoms with Gasteiger partial charge in [-0.25, -0.2) is 4.98 Å². The summed E-state index contributed by atoms with van der Waals surface area (Å²) in [6.07, 6.45) is 6.74. The second kappa shape index (κ2) is 5.26. The summed E-state index contributed by atoms with van der Waals surface area (Å²) in [7, 11) is 0. The van der Waals surface area contributed by atoms with Crippen LogP contribution in [0.1, 0.15) is 25.7 Å². The highest BCUT2D eigenvalue weighted by atomic mass is 32.1. The van der Waals surface area contributed by atoms with Gasteiger partial charge in [-0.1, -0.05) is 6.42 Å². The zero-order chi connectivity index (χ0) is 14.2. The Morgan fingerprint density at radius 3 is 2.67 bits per heavy atom. The molecule has 2 aliphatic carbocycles. The predicted molar refractivity (Wildman–Crippen MR) is 85.1 cm³/mol. The Bertz CT molecular complexity index is 635. The van der Waals surface area contributed by atoms with Crippen LogP contribution < -0.4 is 5.32 Å². The fourth-order valence-corrected chi connectivity index (χ4v) is 4.51. The topological polar surface area (TPSA) is 42.0 Å². The third-order valence-corrected chi connectivity index (χ3v) is 5.73. The van der Waals surface area contributed by atoms with Crippen LogP contribution in [-0.2, 0) is 4.79 Å². The molecule has 3 nitrogen and oxygen atoms in total. The van der Waals surface area contributed by atoms with Gasteiger partial charge in [-0.15, -0.1) is 11.3 Å². The molecule has 0 spiro atoms. The summed E-state index contributed by atoms with van der Waals surface area (Å²) in [6.45, 7) is 0. The minimum atomic E-state index is 0.212. The maximum absolute atomic E-state index is 12.4. The van der Waals surface area contributed by atoms with Crippen molar-refractivity contribution in [3.05, 3.63) is 35.8 Å². The predicted octanol–water partition coefficient (Wildman–Crippen LogP) is 4.18. The van der Waals surface area contributed by atoms with E-state index >= 15 is 0 Å². The van der Waals surface area contributed by atoms with Crippen LogP contribution in [0.5, 0.6) is 0 Å². The summed E-state index contributed by atoms with van der Waals surface area (Å²) >= 11 is 1.63. The van der Waals surface area contributed by atoms with Crippen molar-refractivity contribution in [3.8, 4) is 10.6 Å². The van der Waals surface area contributed by atoms with Gasteiger partial charge in [-0.2, -0.15) is 0 Å². The molecule has 1 aromatic carbocycles. The van der Waals surface area contributed by atoms with E-state index in [1.807, 2.05) is 35.8 Å². The van der Waals surface area contributed by atoms with Gasteiger partial charge in [-0.3, -0.25) is 4.79 Å². The smallest absolute Gasteiger partial charge is 0.227 e. The zero-order valence-electron chi connectivity index (χ0n) is 11.8. The highest BCUT2D eigenvalue weighted by Crippen LogP contribution is 2.48. The standard InChI is InChI=1S/C17H18N2OS/c20-16(15-10-11-1-2-13(15)9-11)19-14-5-3-12(4-6-14)17-18-7-8-21-17/h3-8,11,13,15H,1-2,9-10H2,(H,19,20). The van der Waals surface area contributed by atoms with E-state index in [1.54, 1.807) is 11.3 Å². The van der Waals surface area contributed by atoms with Crippen LogP contribution in [0.3, 0.4) is 0 Å². The lowest BCUT2D eigenvalue weighted by Crippen LogP contribution is -2.27. The normalized spacial score (nSPS) is 27.0. The van der Waals surface area contributed by atoms with Gasteiger partial charge in [0.15, 0.2) is 0 Å². The Labute approximate surface area is 128 Å². The lowest BCUT2D eigenvalue weighted by molar-refractivity contribution is -0.121. The third kappa shape index (κ3) is 2.48. The SMILES string of the molecule is O=C(Nc1ccc(-c2nccs2)cc1)C1CC2CCC1C2. The molecule has 108 valence electrons. The second-order valence-corrected chi connectivity index (χ2v) is 7.08. The Hall–Kier alpha value is -1.68. The number of aromatic nitrogens is 1. The first kappa shape index (κ1) is 13.0. The molecule has 3 unspecified atom stereocenters. The van der Waals surface area contributed by atoms with Crippen LogP contribution in [0, 0.1) is 17.8 Å². The van der Waals surface area contributed by atoms with Crippen LogP contribution in [0.4, 0.5) is 5.69 Å². The molecule has 1 heterocycles. The van der Waals surface area contributed by atoms with Crippen molar-refractivity contribution in [1.29, 1.82) is 0 Å². The van der Waals surface area contributed by atoms with Gasteiger partial charge < -0.3 is 5.32 Å². The van der Waals surface area contributed by atoms with E-state index in [4.69, 9.17) is 0 Å². The van der Waals surface area contributed by atoms with E-state index in [0.29, 0.717) is 5.92 Å².